The summed E-state index contributed by atoms with van der Waals surface area (Å²) in [5, 5.41) is 3.41. The van der Waals surface area contributed by atoms with Gasteiger partial charge in [-0.05, 0) is 29.7 Å². The zero-order valence-corrected chi connectivity index (χ0v) is 17.2. The fourth-order valence-corrected chi connectivity index (χ4v) is 4.41. The van der Waals surface area contributed by atoms with Crippen molar-refractivity contribution in [3.8, 4) is 0 Å². The lowest BCUT2D eigenvalue weighted by Gasteiger charge is -2.29. The summed E-state index contributed by atoms with van der Waals surface area (Å²) < 4.78 is 1.87. The fourth-order valence-electron chi connectivity index (χ4n) is 4.25. The van der Waals surface area contributed by atoms with E-state index in [1.165, 1.54) is 11.1 Å². The van der Waals surface area contributed by atoms with Crippen LogP contribution in [0, 0.1) is 0 Å². The maximum absolute atomic E-state index is 13.5. The minimum Gasteiger partial charge on any atom is -0.354 e. The largest absolute Gasteiger partial charge is 0.354 e. The molecule has 1 aromatic carbocycles. The summed E-state index contributed by atoms with van der Waals surface area (Å²) in [6.07, 6.45) is 2.62. The number of hydrogen-bond acceptors (Lipinski definition) is 4. The summed E-state index contributed by atoms with van der Waals surface area (Å²) in [5.74, 6) is -0.0885. The molecule has 2 aliphatic heterocycles. The number of amides is 2. The van der Waals surface area contributed by atoms with Crippen molar-refractivity contribution < 1.29 is 9.59 Å². The molecule has 2 aliphatic rings. The highest BCUT2D eigenvalue weighted by Crippen LogP contribution is 2.24. The first kappa shape index (κ1) is 19.1. The van der Waals surface area contributed by atoms with Gasteiger partial charge in [0.05, 0.1) is 17.3 Å². The van der Waals surface area contributed by atoms with Crippen molar-refractivity contribution >= 4 is 29.1 Å². The van der Waals surface area contributed by atoms with Crippen LogP contribution in [0.15, 0.2) is 42.6 Å². The van der Waals surface area contributed by atoms with Gasteiger partial charge in [0.2, 0.25) is 5.91 Å². The van der Waals surface area contributed by atoms with E-state index in [1.807, 2.05) is 32.4 Å². The summed E-state index contributed by atoms with van der Waals surface area (Å²) in [6, 6.07) is 11.8. The number of benzene rings is 1. The van der Waals surface area contributed by atoms with Gasteiger partial charge >= 0.3 is 0 Å². The van der Waals surface area contributed by atoms with Crippen LogP contribution in [0.3, 0.4) is 0 Å². The van der Waals surface area contributed by atoms with Gasteiger partial charge in [-0.2, -0.15) is 0 Å². The number of rotatable bonds is 3. The predicted molar refractivity (Wildman–Crippen MR) is 113 cm³/mol. The predicted octanol–water partition coefficient (Wildman–Crippen LogP) is 2.12. The summed E-state index contributed by atoms with van der Waals surface area (Å²) in [5.41, 5.74) is 4.35. The molecule has 1 saturated heterocycles. The van der Waals surface area contributed by atoms with E-state index in [9.17, 15) is 9.59 Å². The zero-order chi connectivity index (χ0) is 20.7. The van der Waals surface area contributed by atoms with Gasteiger partial charge in [-0.1, -0.05) is 35.9 Å². The number of nitrogens with zero attached hydrogens (tertiary/aromatic N) is 4. The van der Waals surface area contributed by atoms with Crippen molar-refractivity contribution in [1.82, 2.24) is 24.5 Å². The monoisotopic (exact) mass is 423 g/mol. The van der Waals surface area contributed by atoms with Gasteiger partial charge in [-0.3, -0.25) is 14.5 Å². The van der Waals surface area contributed by atoms with E-state index in [0.717, 1.165) is 18.7 Å². The standard InChI is InChI=1S/C22H22ClN5O2/c23-17-5-6-19-25-21(18(28(19)12-17)13-26-10-8-24-20(29)14-26)22(30)27-9-7-15-3-1-2-4-16(15)11-27/h1-6,12H,7-11,13-14H2,(H,24,29). The van der Waals surface area contributed by atoms with Crippen LogP contribution in [0.4, 0.5) is 0 Å². The van der Waals surface area contributed by atoms with Gasteiger partial charge in [-0.15, -0.1) is 0 Å². The second-order valence-electron chi connectivity index (χ2n) is 7.79. The van der Waals surface area contributed by atoms with Gasteiger partial charge < -0.3 is 14.6 Å². The van der Waals surface area contributed by atoms with E-state index >= 15 is 0 Å². The highest BCUT2D eigenvalue weighted by Gasteiger charge is 2.28. The number of imidazole rings is 1. The van der Waals surface area contributed by atoms with Gasteiger partial charge in [0.15, 0.2) is 5.69 Å². The maximum atomic E-state index is 13.5. The first-order valence-electron chi connectivity index (χ1n) is 10.1. The van der Waals surface area contributed by atoms with Gasteiger partial charge in [0, 0.05) is 38.9 Å². The molecule has 1 fully saturated rings. The minimum atomic E-state index is -0.0826. The van der Waals surface area contributed by atoms with Gasteiger partial charge in [0.25, 0.3) is 5.91 Å². The lowest BCUT2D eigenvalue weighted by atomic mass is 9.99. The fraction of sp³-hybridized carbons (Fsp3) is 0.318. The Morgan fingerprint density at radius 3 is 2.77 bits per heavy atom. The summed E-state index contributed by atoms with van der Waals surface area (Å²) in [4.78, 5) is 33.9. The molecule has 0 bridgehead atoms. The molecule has 30 heavy (non-hydrogen) atoms. The Morgan fingerprint density at radius 2 is 1.93 bits per heavy atom. The van der Waals surface area contributed by atoms with Crippen molar-refractivity contribution in [2.75, 3.05) is 26.2 Å². The van der Waals surface area contributed by atoms with E-state index in [-0.39, 0.29) is 11.8 Å². The Labute approximate surface area is 179 Å². The smallest absolute Gasteiger partial charge is 0.274 e. The molecule has 0 aliphatic carbocycles. The van der Waals surface area contributed by atoms with Crippen molar-refractivity contribution in [1.29, 1.82) is 0 Å². The molecule has 0 saturated carbocycles. The zero-order valence-electron chi connectivity index (χ0n) is 16.5. The quantitative estimate of drug-likeness (QED) is 0.700. The topological polar surface area (TPSA) is 70.0 Å². The van der Waals surface area contributed by atoms with Crippen LogP contribution in [0.1, 0.15) is 27.3 Å². The number of carbonyl (C=O) groups is 2. The molecule has 7 nitrogen and oxygen atoms in total. The normalized spacial score (nSPS) is 17.1. The number of aromatic nitrogens is 2. The number of pyridine rings is 1. The van der Waals surface area contributed by atoms with Crippen molar-refractivity contribution in [3.05, 3.63) is 70.1 Å². The van der Waals surface area contributed by atoms with E-state index in [2.05, 4.69) is 22.4 Å². The Balaban J connectivity index is 1.50. The average Bonchev–Trinajstić information content (AvgIpc) is 3.10. The lowest BCUT2D eigenvalue weighted by molar-refractivity contribution is -0.124. The number of fused-ring (bicyclic) bond motifs is 2. The Morgan fingerprint density at radius 1 is 1.10 bits per heavy atom. The second-order valence-corrected chi connectivity index (χ2v) is 8.23. The van der Waals surface area contributed by atoms with E-state index < -0.39 is 0 Å². The molecule has 4 heterocycles. The molecule has 5 rings (SSSR count). The Bertz CT molecular complexity index is 1140. The van der Waals surface area contributed by atoms with Crippen LogP contribution in [0.2, 0.25) is 5.02 Å². The second kappa shape index (κ2) is 7.74. The molecule has 2 aromatic heterocycles. The minimum absolute atomic E-state index is 0.00591. The summed E-state index contributed by atoms with van der Waals surface area (Å²) >= 11 is 6.23. The van der Waals surface area contributed by atoms with Crippen LogP contribution < -0.4 is 5.32 Å². The third-order valence-corrected chi connectivity index (χ3v) is 6.02. The van der Waals surface area contributed by atoms with Crippen LogP contribution in [-0.4, -0.2) is 57.2 Å². The van der Waals surface area contributed by atoms with Gasteiger partial charge in [0.1, 0.15) is 5.65 Å². The highest BCUT2D eigenvalue weighted by atomic mass is 35.5. The molecule has 1 N–H and O–H groups in total. The maximum Gasteiger partial charge on any atom is 0.274 e. The number of nitrogens with one attached hydrogen (secondary N) is 1. The number of carbonyl (C=O) groups excluding carboxylic acids is 2. The number of halogens is 1. The third kappa shape index (κ3) is 3.55. The Hall–Kier alpha value is -2.90. The molecular weight excluding hydrogens is 402 g/mol. The van der Waals surface area contributed by atoms with Crippen LogP contribution in [-0.2, 0) is 24.3 Å². The molecule has 0 radical (unpaired) electrons. The van der Waals surface area contributed by atoms with Crippen molar-refractivity contribution in [3.63, 3.8) is 0 Å². The highest BCUT2D eigenvalue weighted by molar-refractivity contribution is 6.30. The van der Waals surface area contributed by atoms with E-state index in [4.69, 9.17) is 11.6 Å². The summed E-state index contributed by atoms with van der Waals surface area (Å²) in [7, 11) is 0. The van der Waals surface area contributed by atoms with Crippen LogP contribution in [0.25, 0.3) is 5.65 Å². The number of hydrogen-bond donors (Lipinski definition) is 1. The molecule has 154 valence electrons. The lowest BCUT2D eigenvalue weighted by Crippen LogP contribution is -2.47. The Kier molecular flexibility index (Phi) is 4.92. The first-order chi connectivity index (χ1) is 14.6. The first-order valence-corrected chi connectivity index (χ1v) is 10.5. The molecule has 0 atom stereocenters. The van der Waals surface area contributed by atoms with Crippen LogP contribution in [0.5, 0.6) is 0 Å². The van der Waals surface area contributed by atoms with Gasteiger partial charge in [-0.25, -0.2) is 4.98 Å². The van der Waals surface area contributed by atoms with Crippen molar-refractivity contribution in [2.45, 2.75) is 19.5 Å². The van der Waals surface area contributed by atoms with Crippen molar-refractivity contribution in [2.24, 2.45) is 0 Å². The molecule has 0 spiro atoms. The third-order valence-electron chi connectivity index (χ3n) is 5.79. The average molecular weight is 424 g/mol. The molecule has 0 unspecified atom stereocenters. The summed E-state index contributed by atoms with van der Waals surface area (Å²) in [6.45, 7) is 3.33. The number of piperazine rings is 1. The molecule has 3 aromatic rings. The molecule has 2 amide bonds. The molecule has 8 heteroatoms. The van der Waals surface area contributed by atoms with E-state index in [1.54, 1.807) is 12.3 Å². The van der Waals surface area contributed by atoms with E-state index in [0.29, 0.717) is 49.1 Å². The SMILES string of the molecule is O=C1CN(Cc2c(C(=O)N3CCc4ccccc4C3)nc3ccc(Cl)cn23)CCN1. The van der Waals surface area contributed by atoms with Crippen LogP contribution >= 0.6 is 11.6 Å². The molecular formula is C22H22ClN5O2.